The van der Waals surface area contributed by atoms with Gasteiger partial charge in [-0.25, -0.2) is 4.79 Å². The van der Waals surface area contributed by atoms with Gasteiger partial charge in [0, 0.05) is 16.5 Å². The highest BCUT2D eigenvalue weighted by Gasteiger charge is 2.25. The Kier molecular flexibility index (Phi) is 3.55. The fourth-order valence-corrected chi connectivity index (χ4v) is 3.21. The number of aromatic carboxylic acids is 1. The molecule has 1 aliphatic carbocycles. The minimum Gasteiger partial charge on any atom is -0.478 e. The van der Waals surface area contributed by atoms with Crippen LogP contribution in [0.1, 0.15) is 26.3 Å². The van der Waals surface area contributed by atoms with Crippen molar-refractivity contribution in [3.63, 3.8) is 0 Å². The Morgan fingerprint density at radius 3 is 1.92 bits per heavy atom. The summed E-state index contributed by atoms with van der Waals surface area (Å²) in [5.41, 5.74) is 2.12. The zero-order valence-corrected chi connectivity index (χ0v) is 13.3. The summed E-state index contributed by atoms with van der Waals surface area (Å²) in [7, 11) is 0. The van der Waals surface area contributed by atoms with Gasteiger partial charge in [-0.15, -0.1) is 0 Å². The number of hydrogen-bond donors (Lipinski definition) is 1. The molecule has 5 rings (SSSR count). The van der Waals surface area contributed by atoms with Gasteiger partial charge in [0.15, 0.2) is 5.78 Å². The Morgan fingerprint density at radius 1 is 0.680 bits per heavy atom. The molecule has 0 amide bonds. The Hall–Kier alpha value is -3.46. The van der Waals surface area contributed by atoms with E-state index in [1.165, 1.54) is 5.39 Å². The van der Waals surface area contributed by atoms with Gasteiger partial charge in [-0.3, -0.25) is 4.79 Å². The van der Waals surface area contributed by atoms with E-state index in [0.717, 1.165) is 27.3 Å². The molecule has 0 saturated carbocycles. The standard InChI is InChI=1S/C11H8O2.C11H6O/c12-11(13)10-7-3-5-8-4-1-2-6-9(8)10;12-11-8-5-1-3-7-4-2-6-9(11)10(7)8/h1-7H,(H,12,13);1-6H. The minimum atomic E-state index is -0.878. The van der Waals surface area contributed by atoms with E-state index in [4.69, 9.17) is 5.11 Å². The number of carboxylic acids is 1. The Morgan fingerprint density at radius 2 is 1.24 bits per heavy atom. The van der Waals surface area contributed by atoms with E-state index in [9.17, 15) is 9.59 Å². The molecule has 0 saturated heterocycles. The topological polar surface area (TPSA) is 54.4 Å². The predicted molar refractivity (Wildman–Crippen MR) is 98.3 cm³/mol. The third kappa shape index (κ3) is 2.46. The van der Waals surface area contributed by atoms with E-state index < -0.39 is 5.97 Å². The van der Waals surface area contributed by atoms with Crippen molar-refractivity contribution >= 4 is 33.3 Å². The molecule has 0 radical (unpaired) electrons. The maximum Gasteiger partial charge on any atom is 0.336 e. The van der Waals surface area contributed by atoms with Crippen LogP contribution in [0.4, 0.5) is 0 Å². The van der Waals surface area contributed by atoms with Gasteiger partial charge in [0.1, 0.15) is 0 Å². The van der Waals surface area contributed by atoms with Crippen LogP contribution in [0.15, 0.2) is 78.9 Å². The molecule has 4 aromatic rings. The van der Waals surface area contributed by atoms with Crippen LogP contribution in [-0.4, -0.2) is 16.9 Å². The van der Waals surface area contributed by atoms with Crippen molar-refractivity contribution in [3.05, 3.63) is 95.6 Å². The smallest absolute Gasteiger partial charge is 0.336 e. The van der Waals surface area contributed by atoms with Gasteiger partial charge in [-0.05, 0) is 22.2 Å². The molecule has 1 aliphatic rings. The molecule has 4 aromatic carbocycles. The first kappa shape index (κ1) is 15.1. The van der Waals surface area contributed by atoms with Crippen LogP contribution in [0.25, 0.3) is 21.5 Å². The first-order chi connectivity index (χ1) is 12.2. The van der Waals surface area contributed by atoms with E-state index in [1.54, 1.807) is 12.1 Å². The average Bonchev–Trinajstić information content (AvgIpc) is 2.66. The highest BCUT2D eigenvalue weighted by Crippen LogP contribution is 2.33. The van der Waals surface area contributed by atoms with E-state index >= 15 is 0 Å². The van der Waals surface area contributed by atoms with Crippen LogP contribution in [-0.2, 0) is 0 Å². The molecule has 0 aliphatic heterocycles. The summed E-state index contributed by atoms with van der Waals surface area (Å²) < 4.78 is 0. The summed E-state index contributed by atoms with van der Waals surface area (Å²) in [4.78, 5) is 22.2. The number of carbonyl (C=O) groups is 2. The number of rotatable bonds is 1. The SMILES string of the molecule is O=C(O)c1cccc2ccccc12.O=C1c2cccc3cccc1c23. The minimum absolute atomic E-state index is 0.191. The molecule has 0 unspecified atom stereocenters. The Bertz CT molecular complexity index is 1100. The second-order valence-corrected chi connectivity index (χ2v) is 5.87. The summed E-state index contributed by atoms with van der Waals surface area (Å²) in [5.74, 6) is -0.687. The first-order valence-corrected chi connectivity index (χ1v) is 7.94. The molecule has 3 heteroatoms. The Balaban J connectivity index is 0.000000126. The molecule has 0 spiro atoms. The fourth-order valence-electron chi connectivity index (χ4n) is 3.21. The highest BCUT2D eigenvalue weighted by molar-refractivity contribution is 6.31. The van der Waals surface area contributed by atoms with Crippen LogP contribution in [0, 0.1) is 0 Å². The van der Waals surface area contributed by atoms with Gasteiger partial charge in [0.25, 0.3) is 0 Å². The van der Waals surface area contributed by atoms with E-state index in [2.05, 4.69) is 0 Å². The summed E-state index contributed by atoms with van der Waals surface area (Å²) >= 11 is 0. The number of hydrogen-bond acceptors (Lipinski definition) is 2. The zero-order chi connectivity index (χ0) is 17.4. The molecule has 120 valence electrons. The maximum absolute atomic E-state index is 11.4. The third-order valence-corrected chi connectivity index (χ3v) is 4.41. The van der Waals surface area contributed by atoms with Crippen LogP contribution in [0.5, 0.6) is 0 Å². The molecule has 0 fully saturated rings. The van der Waals surface area contributed by atoms with Gasteiger partial charge in [-0.2, -0.15) is 0 Å². The lowest BCUT2D eigenvalue weighted by molar-refractivity contribution is 0.0699. The molecular formula is C22H14O3. The van der Waals surface area contributed by atoms with Crippen molar-refractivity contribution in [1.82, 2.24) is 0 Å². The molecule has 0 aromatic heterocycles. The maximum atomic E-state index is 11.4. The second kappa shape index (κ2) is 5.87. The van der Waals surface area contributed by atoms with Crippen molar-refractivity contribution in [1.29, 1.82) is 0 Å². The second-order valence-electron chi connectivity index (χ2n) is 5.87. The molecule has 3 nitrogen and oxygen atoms in total. The number of benzene rings is 4. The number of carboxylic acid groups (broad SMARTS) is 1. The van der Waals surface area contributed by atoms with Gasteiger partial charge in [0.05, 0.1) is 5.56 Å². The fraction of sp³-hybridized carbons (Fsp3) is 0. The largest absolute Gasteiger partial charge is 0.478 e. The summed E-state index contributed by atoms with van der Waals surface area (Å²) in [5, 5.41) is 12.9. The van der Waals surface area contributed by atoms with Crippen LogP contribution >= 0.6 is 0 Å². The lowest BCUT2D eigenvalue weighted by atomic mass is 9.84. The monoisotopic (exact) mass is 326 g/mol. The number of carbonyl (C=O) groups excluding carboxylic acids is 1. The molecule has 0 heterocycles. The van der Waals surface area contributed by atoms with Crippen molar-refractivity contribution < 1.29 is 14.7 Å². The van der Waals surface area contributed by atoms with Crippen LogP contribution in [0.3, 0.4) is 0 Å². The number of fused-ring (bicyclic) bond motifs is 1. The Labute approximate surface area is 144 Å². The number of ketones is 1. The van der Waals surface area contributed by atoms with Gasteiger partial charge < -0.3 is 5.11 Å². The van der Waals surface area contributed by atoms with Crippen LogP contribution in [0.2, 0.25) is 0 Å². The summed E-state index contributed by atoms with van der Waals surface area (Å²) in [6, 6.07) is 24.4. The summed E-state index contributed by atoms with van der Waals surface area (Å²) in [6.07, 6.45) is 0. The van der Waals surface area contributed by atoms with Gasteiger partial charge >= 0.3 is 5.97 Å². The molecule has 25 heavy (non-hydrogen) atoms. The third-order valence-electron chi connectivity index (χ3n) is 4.41. The van der Waals surface area contributed by atoms with Crippen molar-refractivity contribution in [3.8, 4) is 0 Å². The van der Waals surface area contributed by atoms with Crippen LogP contribution < -0.4 is 0 Å². The lowest BCUT2D eigenvalue weighted by Gasteiger charge is -2.17. The molecule has 0 atom stereocenters. The summed E-state index contributed by atoms with van der Waals surface area (Å²) in [6.45, 7) is 0. The van der Waals surface area contributed by atoms with Crippen molar-refractivity contribution in [2.75, 3.05) is 0 Å². The quantitative estimate of drug-likeness (QED) is 0.475. The lowest BCUT2D eigenvalue weighted by Crippen LogP contribution is -2.13. The average molecular weight is 326 g/mol. The molecular weight excluding hydrogens is 312 g/mol. The normalized spacial score (nSPS) is 11.6. The first-order valence-electron chi connectivity index (χ1n) is 7.94. The van der Waals surface area contributed by atoms with E-state index in [-0.39, 0.29) is 5.78 Å². The van der Waals surface area contributed by atoms with E-state index in [1.807, 2.05) is 66.7 Å². The highest BCUT2D eigenvalue weighted by atomic mass is 16.4. The van der Waals surface area contributed by atoms with Gasteiger partial charge in [-0.1, -0.05) is 72.8 Å². The molecule has 1 N–H and O–H groups in total. The molecule has 0 bridgehead atoms. The zero-order valence-electron chi connectivity index (χ0n) is 13.3. The van der Waals surface area contributed by atoms with E-state index in [0.29, 0.717) is 5.56 Å². The van der Waals surface area contributed by atoms with Gasteiger partial charge in [0.2, 0.25) is 0 Å². The van der Waals surface area contributed by atoms with Crippen molar-refractivity contribution in [2.24, 2.45) is 0 Å². The predicted octanol–water partition coefficient (Wildman–Crippen LogP) is 4.92. The van der Waals surface area contributed by atoms with Crippen molar-refractivity contribution in [2.45, 2.75) is 0 Å².